The second kappa shape index (κ2) is 8.40. The molecule has 0 aliphatic heterocycles. The van der Waals surface area contributed by atoms with E-state index in [0.717, 1.165) is 12.8 Å². The van der Waals surface area contributed by atoms with Crippen LogP contribution < -0.4 is 4.74 Å². The van der Waals surface area contributed by atoms with Crippen LogP contribution in [0, 0.1) is 0 Å². The van der Waals surface area contributed by atoms with Crippen molar-refractivity contribution in [3.63, 3.8) is 0 Å². The SMILES string of the molecule is CCCCCCC/C(=N\O)c1ccc(OC)cc1O. The zero-order valence-electron chi connectivity index (χ0n) is 11.7. The van der Waals surface area contributed by atoms with Gasteiger partial charge in [0.05, 0.1) is 12.8 Å². The smallest absolute Gasteiger partial charge is 0.128 e. The molecular weight excluding hydrogens is 242 g/mol. The molecule has 0 aliphatic rings. The minimum Gasteiger partial charge on any atom is -0.507 e. The molecule has 2 N–H and O–H groups in total. The van der Waals surface area contributed by atoms with Gasteiger partial charge in [-0.05, 0) is 25.0 Å². The maximum absolute atomic E-state index is 9.89. The summed E-state index contributed by atoms with van der Waals surface area (Å²) >= 11 is 0. The molecule has 19 heavy (non-hydrogen) atoms. The topological polar surface area (TPSA) is 62.1 Å². The number of benzene rings is 1. The van der Waals surface area contributed by atoms with Gasteiger partial charge in [-0.2, -0.15) is 0 Å². The third-order valence-electron chi connectivity index (χ3n) is 3.15. The molecule has 0 amide bonds. The number of methoxy groups -OCH3 is 1. The highest BCUT2D eigenvalue weighted by Gasteiger charge is 2.10. The third kappa shape index (κ3) is 4.81. The van der Waals surface area contributed by atoms with Gasteiger partial charge >= 0.3 is 0 Å². The summed E-state index contributed by atoms with van der Waals surface area (Å²) in [4.78, 5) is 0. The zero-order valence-corrected chi connectivity index (χ0v) is 11.7. The lowest BCUT2D eigenvalue weighted by Crippen LogP contribution is -2.02. The van der Waals surface area contributed by atoms with Crippen molar-refractivity contribution in [2.75, 3.05) is 7.11 Å². The average molecular weight is 265 g/mol. The van der Waals surface area contributed by atoms with Gasteiger partial charge in [0.15, 0.2) is 0 Å². The molecule has 0 fully saturated rings. The number of ether oxygens (including phenoxy) is 1. The predicted molar refractivity (Wildman–Crippen MR) is 76.4 cm³/mol. The van der Waals surface area contributed by atoms with Gasteiger partial charge in [0.1, 0.15) is 11.5 Å². The maximum Gasteiger partial charge on any atom is 0.128 e. The van der Waals surface area contributed by atoms with E-state index in [1.54, 1.807) is 19.2 Å². The van der Waals surface area contributed by atoms with Crippen molar-refractivity contribution < 1.29 is 15.1 Å². The van der Waals surface area contributed by atoms with Crippen molar-refractivity contribution >= 4 is 5.71 Å². The fourth-order valence-electron chi connectivity index (χ4n) is 2.02. The molecule has 0 saturated carbocycles. The van der Waals surface area contributed by atoms with E-state index in [2.05, 4.69) is 12.1 Å². The molecule has 0 saturated heterocycles. The first-order valence-electron chi connectivity index (χ1n) is 6.81. The van der Waals surface area contributed by atoms with E-state index in [1.165, 1.54) is 25.3 Å². The first-order valence-corrected chi connectivity index (χ1v) is 6.81. The third-order valence-corrected chi connectivity index (χ3v) is 3.15. The normalized spacial score (nSPS) is 11.6. The summed E-state index contributed by atoms with van der Waals surface area (Å²) in [5.41, 5.74) is 1.09. The van der Waals surface area contributed by atoms with Gasteiger partial charge in [0.25, 0.3) is 0 Å². The Labute approximate surface area is 114 Å². The lowest BCUT2D eigenvalue weighted by Gasteiger charge is -2.08. The summed E-state index contributed by atoms with van der Waals surface area (Å²) in [6.45, 7) is 2.18. The zero-order chi connectivity index (χ0) is 14.1. The molecule has 0 unspecified atom stereocenters. The summed E-state index contributed by atoms with van der Waals surface area (Å²) in [6.07, 6.45) is 6.39. The molecule has 4 heteroatoms. The van der Waals surface area contributed by atoms with Crippen molar-refractivity contribution in [2.24, 2.45) is 5.16 Å². The average Bonchev–Trinajstić information content (AvgIpc) is 2.43. The van der Waals surface area contributed by atoms with Crippen LogP contribution in [0.3, 0.4) is 0 Å². The van der Waals surface area contributed by atoms with Crippen LogP contribution in [0.1, 0.15) is 51.0 Å². The molecule has 4 nitrogen and oxygen atoms in total. The number of phenols is 1. The van der Waals surface area contributed by atoms with Crippen molar-refractivity contribution in [1.82, 2.24) is 0 Å². The highest BCUT2D eigenvalue weighted by molar-refractivity contribution is 6.02. The molecule has 0 atom stereocenters. The number of unbranched alkanes of at least 4 members (excludes halogenated alkanes) is 4. The summed E-state index contributed by atoms with van der Waals surface area (Å²) in [5, 5.41) is 22.3. The van der Waals surface area contributed by atoms with Gasteiger partial charge in [-0.15, -0.1) is 0 Å². The fraction of sp³-hybridized carbons (Fsp3) is 0.533. The highest BCUT2D eigenvalue weighted by Crippen LogP contribution is 2.25. The Bertz CT molecular complexity index is 416. The van der Waals surface area contributed by atoms with Crippen LogP contribution in [0.25, 0.3) is 0 Å². The Morgan fingerprint density at radius 2 is 1.95 bits per heavy atom. The van der Waals surface area contributed by atoms with Crippen molar-refractivity contribution in [2.45, 2.75) is 45.4 Å². The molecule has 0 aliphatic carbocycles. The highest BCUT2D eigenvalue weighted by atomic mass is 16.5. The summed E-state index contributed by atoms with van der Waals surface area (Å²) in [7, 11) is 1.54. The number of hydrogen-bond donors (Lipinski definition) is 2. The second-order valence-electron chi connectivity index (χ2n) is 4.59. The summed E-state index contributed by atoms with van der Waals surface area (Å²) in [5.74, 6) is 0.669. The van der Waals surface area contributed by atoms with Crippen LogP contribution in [0.4, 0.5) is 0 Å². The quantitative estimate of drug-likeness (QED) is 0.324. The molecule has 0 spiro atoms. The predicted octanol–water partition coefficient (Wildman–Crippen LogP) is 3.94. The Kier molecular flexibility index (Phi) is 6.79. The van der Waals surface area contributed by atoms with Crippen molar-refractivity contribution in [3.8, 4) is 11.5 Å². The van der Waals surface area contributed by atoms with Gasteiger partial charge in [0, 0.05) is 11.6 Å². The van der Waals surface area contributed by atoms with E-state index in [9.17, 15) is 5.11 Å². The van der Waals surface area contributed by atoms with Crippen LogP contribution >= 0.6 is 0 Å². The van der Waals surface area contributed by atoms with Gasteiger partial charge in [0.2, 0.25) is 0 Å². The fourth-order valence-corrected chi connectivity index (χ4v) is 2.02. The Morgan fingerprint density at radius 1 is 1.21 bits per heavy atom. The van der Waals surface area contributed by atoms with E-state index in [0.29, 0.717) is 23.4 Å². The molecule has 106 valence electrons. The standard InChI is InChI=1S/C15H23NO3/c1-3-4-5-6-7-8-14(16-18)13-10-9-12(19-2)11-15(13)17/h9-11,17-18H,3-8H2,1-2H3/b16-14+. The number of aromatic hydroxyl groups is 1. The number of rotatable bonds is 8. The molecule has 0 heterocycles. The van der Waals surface area contributed by atoms with Gasteiger partial charge in [-0.3, -0.25) is 0 Å². The Balaban J connectivity index is 2.60. The van der Waals surface area contributed by atoms with Crippen LogP contribution in [-0.2, 0) is 0 Å². The second-order valence-corrected chi connectivity index (χ2v) is 4.59. The minimum atomic E-state index is 0.0840. The van der Waals surface area contributed by atoms with Gasteiger partial charge < -0.3 is 15.1 Å². The Hall–Kier alpha value is -1.71. The van der Waals surface area contributed by atoms with Crippen molar-refractivity contribution in [3.05, 3.63) is 23.8 Å². The lowest BCUT2D eigenvalue weighted by molar-refractivity contribution is 0.317. The number of phenolic OH excluding ortho intramolecular Hbond substituents is 1. The number of hydrogen-bond acceptors (Lipinski definition) is 4. The molecule has 1 aromatic rings. The summed E-state index contributed by atoms with van der Waals surface area (Å²) < 4.78 is 5.03. The van der Waals surface area contributed by atoms with Gasteiger partial charge in [-0.1, -0.05) is 37.8 Å². The molecule has 0 aromatic heterocycles. The van der Waals surface area contributed by atoms with E-state index in [-0.39, 0.29) is 5.75 Å². The molecular formula is C15H23NO3. The van der Waals surface area contributed by atoms with E-state index in [4.69, 9.17) is 9.94 Å². The first-order chi connectivity index (χ1) is 9.22. The van der Waals surface area contributed by atoms with Crippen LogP contribution in [-0.4, -0.2) is 23.1 Å². The largest absolute Gasteiger partial charge is 0.507 e. The van der Waals surface area contributed by atoms with Crippen LogP contribution in [0.5, 0.6) is 11.5 Å². The minimum absolute atomic E-state index is 0.0840. The molecule has 0 bridgehead atoms. The molecule has 0 radical (unpaired) electrons. The molecule has 1 aromatic carbocycles. The van der Waals surface area contributed by atoms with Crippen LogP contribution in [0.15, 0.2) is 23.4 Å². The lowest BCUT2D eigenvalue weighted by atomic mass is 10.0. The van der Waals surface area contributed by atoms with E-state index in [1.807, 2.05) is 0 Å². The Morgan fingerprint density at radius 3 is 2.53 bits per heavy atom. The van der Waals surface area contributed by atoms with Crippen molar-refractivity contribution in [1.29, 1.82) is 0 Å². The van der Waals surface area contributed by atoms with Crippen LogP contribution in [0.2, 0.25) is 0 Å². The number of oxime groups is 1. The monoisotopic (exact) mass is 265 g/mol. The maximum atomic E-state index is 9.89. The first kappa shape index (κ1) is 15.3. The van der Waals surface area contributed by atoms with E-state index >= 15 is 0 Å². The molecule has 1 rings (SSSR count). The number of nitrogens with zero attached hydrogens (tertiary/aromatic N) is 1. The summed E-state index contributed by atoms with van der Waals surface area (Å²) in [6, 6.07) is 4.99. The van der Waals surface area contributed by atoms with E-state index < -0.39 is 0 Å². The van der Waals surface area contributed by atoms with Gasteiger partial charge in [-0.25, -0.2) is 0 Å².